The Morgan fingerprint density at radius 1 is 0.706 bits per heavy atom. The summed E-state index contributed by atoms with van der Waals surface area (Å²) in [6, 6.07) is 17.5. The van der Waals surface area contributed by atoms with Crippen LogP contribution >= 0.6 is 31.9 Å². The Bertz CT molecular complexity index is 1600. The Kier molecular flexibility index (Phi) is 5.58. The number of hydrogen-bond acceptors (Lipinski definition) is 4. The Hall–Kier alpha value is -3.36. The first-order chi connectivity index (χ1) is 16.2. The van der Waals surface area contributed by atoms with Crippen LogP contribution in [0.2, 0.25) is 0 Å². The molecule has 8 heteroatoms. The molecule has 0 aliphatic rings. The minimum Gasteiger partial charge on any atom is -0.507 e. The Morgan fingerprint density at radius 2 is 1.15 bits per heavy atom. The van der Waals surface area contributed by atoms with E-state index in [2.05, 4.69) is 41.8 Å². The predicted molar refractivity (Wildman–Crippen MR) is 140 cm³/mol. The number of aromatic nitrogens is 2. The molecule has 5 rings (SSSR count). The fraction of sp³-hybridized carbons (Fsp3) is 0.0769. The van der Waals surface area contributed by atoms with Gasteiger partial charge in [-0.05, 0) is 48.9 Å². The summed E-state index contributed by atoms with van der Waals surface area (Å²) in [4.78, 5) is 32.2. The van der Waals surface area contributed by atoms with Crippen molar-refractivity contribution in [1.82, 2.24) is 9.97 Å². The van der Waals surface area contributed by atoms with Gasteiger partial charge in [-0.1, -0.05) is 61.7 Å². The Morgan fingerprint density at radius 3 is 1.59 bits per heavy atom. The number of nitrogens with one attached hydrogen (secondary N) is 2. The van der Waals surface area contributed by atoms with Gasteiger partial charge in [-0.15, -0.1) is 0 Å². The van der Waals surface area contributed by atoms with Crippen molar-refractivity contribution in [3.8, 4) is 11.5 Å². The van der Waals surface area contributed by atoms with Crippen LogP contribution in [-0.2, 0) is 0 Å². The summed E-state index contributed by atoms with van der Waals surface area (Å²) in [5, 5.41) is 23.4. The largest absolute Gasteiger partial charge is 0.507 e. The third kappa shape index (κ3) is 3.73. The molecule has 4 N–H and O–H groups in total. The van der Waals surface area contributed by atoms with Crippen molar-refractivity contribution < 1.29 is 10.2 Å². The van der Waals surface area contributed by atoms with Crippen LogP contribution in [0.1, 0.15) is 28.2 Å². The summed E-state index contributed by atoms with van der Waals surface area (Å²) >= 11 is 6.80. The van der Waals surface area contributed by atoms with Gasteiger partial charge >= 0.3 is 0 Å². The fourth-order valence-electron chi connectivity index (χ4n) is 4.30. The lowest BCUT2D eigenvalue weighted by Gasteiger charge is -2.21. The fourth-order valence-corrected chi connectivity index (χ4v) is 5.02. The van der Waals surface area contributed by atoms with Crippen molar-refractivity contribution in [3.63, 3.8) is 0 Å². The number of aryl methyl sites for hydroxylation is 1. The van der Waals surface area contributed by atoms with Gasteiger partial charge in [0.05, 0.1) is 28.1 Å². The molecular weight excluding hydrogens is 564 g/mol. The number of rotatable bonds is 3. The van der Waals surface area contributed by atoms with Crippen molar-refractivity contribution in [2.75, 3.05) is 0 Å². The average Bonchev–Trinajstić information content (AvgIpc) is 2.80. The number of aromatic amines is 2. The van der Waals surface area contributed by atoms with Gasteiger partial charge in [0.1, 0.15) is 11.5 Å². The molecule has 0 aliphatic carbocycles. The highest BCUT2D eigenvalue weighted by Gasteiger charge is 2.30. The summed E-state index contributed by atoms with van der Waals surface area (Å²) in [6.07, 6.45) is 0. The van der Waals surface area contributed by atoms with E-state index in [0.29, 0.717) is 27.4 Å². The van der Waals surface area contributed by atoms with Gasteiger partial charge in [0, 0.05) is 19.7 Å². The minimum atomic E-state index is -1.03. The molecule has 0 fully saturated rings. The molecule has 0 atom stereocenters. The molecular formula is C26H18Br2N2O4. The van der Waals surface area contributed by atoms with Gasteiger partial charge in [-0.2, -0.15) is 0 Å². The Balaban J connectivity index is 1.91. The van der Waals surface area contributed by atoms with Crippen molar-refractivity contribution >= 4 is 53.7 Å². The molecule has 0 aliphatic heterocycles. The molecule has 0 radical (unpaired) electrons. The molecule has 0 bridgehead atoms. The van der Waals surface area contributed by atoms with E-state index < -0.39 is 17.0 Å². The number of aromatic hydroxyl groups is 2. The van der Waals surface area contributed by atoms with Gasteiger partial charge in [0.15, 0.2) is 0 Å². The molecule has 170 valence electrons. The smallest absolute Gasteiger partial charge is 0.256 e. The highest BCUT2D eigenvalue weighted by molar-refractivity contribution is 9.10. The van der Waals surface area contributed by atoms with Crippen molar-refractivity contribution in [3.05, 3.63) is 113 Å². The van der Waals surface area contributed by atoms with Crippen LogP contribution in [0.15, 0.2) is 79.2 Å². The third-order valence-electron chi connectivity index (χ3n) is 5.96. The van der Waals surface area contributed by atoms with Gasteiger partial charge in [-0.25, -0.2) is 0 Å². The van der Waals surface area contributed by atoms with Crippen molar-refractivity contribution in [2.24, 2.45) is 0 Å². The third-order valence-corrected chi connectivity index (χ3v) is 6.94. The van der Waals surface area contributed by atoms with Gasteiger partial charge in [0.2, 0.25) is 0 Å². The second-order valence-electron chi connectivity index (χ2n) is 8.16. The van der Waals surface area contributed by atoms with Crippen LogP contribution < -0.4 is 11.1 Å². The summed E-state index contributed by atoms with van der Waals surface area (Å²) in [5.41, 5.74) is 1.33. The van der Waals surface area contributed by atoms with E-state index in [4.69, 9.17) is 0 Å². The number of H-pyrrole nitrogens is 2. The molecule has 0 saturated carbocycles. The number of benzene rings is 3. The van der Waals surface area contributed by atoms with Crippen LogP contribution in [0.5, 0.6) is 11.5 Å². The quantitative estimate of drug-likeness (QED) is 0.216. The molecule has 6 nitrogen and oxygen atoms in total. The zero-order valence-corrected chi connectivity index (χ0v) is 21.0. The van der Waals surface area contributed by atoms with E-state index in [0.717, 1.165) is 14.5 Å². The second-order valence-corrected chi connectivity index (χ2v) is 9.99. The first-order valence-electron chi connectivity index (χ1n) is 10.4. The number of fused-ring (bicyclic) bond motifs is 2. The highest BCUT2D eigenvalue weighted by atomic mass is 79.9. The first-order valence-corrected chi connectivity index (χ1v) is 12.0. The molecule has 2 aromatic heterocycles. The van der Waals surface area contributed by atoms with E-state index in [9.17, 15) is 19.8 Å². The maximum atomic E-state index is 13.3. The summed E-state index contributed by atoms with van der Waals surface area (Å²) in [7, 11) is 0. The van der Waals surface area contributed by atoms with Crippen LogP contribution in [0, 0.1) is 6.92 Å². The number of halogens is 2. The topological polar surface area (TPSA) is 106 Å². The maximum Gasteiger partial charge on any atom is 0.256 e. The normalized spacial score (nSPS) is 11.5. The van der Waals surface area contributed by atoms with Crippen LogP contribution in [0.4, 0.5) is 0 Å². The zero-order chi connectivity index (χ0) is 24.1. The van der Waals surface area contributed by atoms with Crippen LogP contribution in [-0.4, -0.2) is 20.2 Å². The van der Waals surface area contributed by atoms with E-state index in [-0.39, 0.29) is 22.6 Å². The van der Waals surface area contributed by atoms with E-state index >= 15 is 0 Å². The average molecular weight is 582 g/mol. The summed E-state index contributed by atoms with van der Waals surface area (Å²) in [5.74, 6) is -1.53. The summed E-state index contributed by atoms with van der Waals surface area (Å²) < 4.78 is 1.44. The summed E-state index contributed by atoms with van der Waals surface area (Å²) in [6.45, 7) is 1.93. The SMILES string of the molecule is Cc1ccc(C(c2c(O)c3cc(Br)ccc3[nH]c2=O)c2c(O)c3cc(Br)ccc3[nH]c2=O)cc1. The maximum absolute atomic E-state index is 13.3. The van der Waals surface area contributed by atoms with E-state index in [1.165, 1.54) is 0 Å². The lowest BCUT2D eigenvalue weighted by Crippen LogP contribution is -2.24. The van der Waals surface area contributed by atoms with E-state index in [1.807, 2.05) is 19.1 Å². The monoisotopic (exact) mass is 580 g/mol. The molecule has 0 saturated heterocycles. The van der Waals surface area contributed by atoms with Crippen molar-refractivity contribution in [1.29, 1.82) is 0 Å². The van der Waals surface area contributed by atoms with Crippen molar-refractivity contribution in [2.45, 2.75) is 12.8 Å². The molecule has 34 heavy (non-hydrogen) atoms. The molecule has 3 aromatic carbocycles. The van der Waals surface area contributed by atoms with Crippen LogP contribution in [0.25, 0.3) is 21.8 Å². The number of hydrogen-bond donors (Lipinski definition) is 4. The van der Waals surface area contributed by atoms with Gasteiger partial charge in [-0.3, -0.25) is 9.59 Å². The second kappa shape index (κ2) is 8.45. The van der Waals surface area contributed by atoms with Crippen LogP contribution in [0.3, 0.4) is 0 Å². The highest BCUT2D eigenvalue weighted by Crippen LogP contribution is 2.41. The van der Waals surface area contributed by atoms with Gasteiger partial charge < -0.3 is 20.2 Å². The Labute approximate surface area is 210 Å². The molecule has 5 aromatic rings. The first kappa shape index (κ1) is 22.4. The number of pyridine rings is 2. The molecule has 0 spiro atoms. The molecule has 0 unspecified atom stereocenters. The zero-order valence-electron chi connectivity index (χ0n) is 17.8. The minimum absolute atomic E-state index is 0.0235. The van der Waals surface area contributed by atoms with Gasteiger partial charge in [0.25, 0.3) is 11.1 Å². The van der Waals surface area contributed by atoms with E-state index in [1.54, 1.807) is 48.5 Å². The lowest BCUT2D eigenvalue weighted by molar-refractivity contribution is 0.462. The standard InChI is InChI=1S/C26H18Br2N2O4/c1-12-2-4-13(5-3-12)20(21-23(31)16-10-14(27)6-8-18(16)29-25(21)33)22-24(32)17-11-15(28)7-9-19(17)30-26(22)34/h2-11,20H,1H3,(H2,29,31,33)(H2,30,32,34). The lowest BCUT2D eigenvalue weighted by atomic mass is 9.84. The molecule has 0 amide bonds. The predicted octanol–water partition coefficient (Wildman–Crippen LogP) is 5.79. The molecule has 2 heterocycles.